The van der Waals surface area contributed by atoms with Crippen molar-refractivity contribution >= 4 is 23.2 Å². The number of aryl methyl sites for hydroxylation is 1. The van der Waals surface area contributed by atoms with Gasteiger partial charge in [-0.1, -0.05) is 61.5 Å². The number of aromatic nitrogens is 1. The van der Waals surface area contributed by atoms with E-state index in [1.807, 2.05) is 35.7 Å². The maximum absolute atomic E-state index is 12.6. The second-order valence-electron chi connectivity index (χ2n) is 7.43. The average molecular weight is 421 g/mol. The Morgan fingerprint density at radius 1 is 1.13 bits per heavy atom. The molecule has 1 atom stereocenters. The minimum atomic E-state index is -0.945. The molecule has 1 fully saturated rings. The summed E-state index contributed by atoms with van der Waals surface area (Å²) in [6.07, 6.45) is 2.03. The van der Waals surface area contributed by atoms with E-state index in [4.69, 9.17) is 4.74 Å². The Hall–Kier alpha value is -2.99. The van der Waals surface area contributed by atoms with Crippen LogP contribution in [0.15, 0.2) is 60.0 Å². The number of rotatable bonds is 8. The molecule has 4 rings (SSSR count). The number of amides is 1. The fourth-order valence-electron chi connectivity index (χ4n) is 3.13. The zero-order valence-corrected chi connectivity index (χ0v) is 17.7. The van der Waals surface area contributed by atoms with Crippen molar-refractivity contribution in [2.45, 2.75) is 44.8 Å². The van der Waals surface area contributed by atoms with Crippen LogP contribution in [0.4, 0.5) is 0 Å². The first kappa shape index (κ1) is 20.3. The van der Waals surface area contributed by atoms with E-state index in [9.17, 15) is 9.59 Å². The SMILES string of the molecule is CCc1ccc(-c2nc(CC(=O)O[C@@H](C(=O)NC3CC3)c3ccccc3)cs2)cc1. The molecule has 0 saturated heterocycles. The molecule has 154 valence electrons. The van der Waals surface area contributed by atoms with Crippen molar-refractivity contribution < 1.29 is 14.3 Å². The molecule has 1 aromatic heterocycles. The number of esters is 1. The monoisotopic (exact) mass is 420 g/mol. The Bertz CT molecular complexity index is 1010. The molecule has 1 amide bonds. The second-order valence-corrected chi connectivity index (χ2v) is 8.29. The summed E-state index contributed by atoms with van der Waals surface area (Å²) in [6.45, 7) is 2.12. The average Bonchev–Trinajstić information content (AvgIpc) is 3.47. The normalized spacial score (nSPS) is 14.2. The molecule has 30 heavy (non-hydrogen) atoms. The van der Waals surface area contributed by atoms with Gasteiger partial charge in [-0.05, 0) is 24.8 Å². The number of carbonyl (C=O) groups is 2. The van der Waals surface area contributed by atoms with Gasteiger partial charge >= 0.3 is 5.97 Å². The number of ether oxygens (including phenoxy) is 1. The molecule has 6 heteroatoms. The summed E-state index contributed by atoms with van der Waals surface area (Å²) >= 11 is 1.50. The molecule has 0 radical (unpaired) electrons. The van der Waals surface area contributed by atoms with Crippen molar-refractivity contribution in [3.8, 4) is 10.6 Å². The van der Waals surface area contributed by atoms with Crippen molar-refractivity contribution in [3.63, 3.8) is 0 Å². The van der Waals surface area contributed by atoms with Gasteiger partial charge in [-0.25, -0.2) is 4.98 Å². The Morgan fingerprint density at radius 3 is 2.53 bits per heavy atom. The maximum Gasteiger partial charge on any atom is 0.313 e. The lowest BCUT2D eigenvalue weighted by Gasteiger charge is -2.17. The first-order chi connectivity index (χ1) is 14.6. The van der Waals surface area contributed by atoms with E-state index in [0.717, 1.165) is 29.8 Å². The number of thiazole rings is 1. The van der Waals surface area contributed by atoms with Gasteiger partial charge in [0.25, 0.3) is 5.91 Å². The van der Waals surface area contributed by atoms with Crippen molar-refractivity contribution in [2.24, 2.45) is 0 Å². The zero-order valence-electron chi connectivity index (χ0n) is 16.8. The van der Waals surface area contributed by atoms with Crippen LogP contribution in [0, 0.1) is 0 Å². The van der Waals surface area contributed by atoms with Gasteiger partial charge in [-0.3, -0.25) is 9.59 Å². The molecule has 1 saturated carbocycles. The molecular formula is C24H24N2O3S. The number of carbonyl (C=O) groups excluding carboxylic acids is 2. The van der Waals surface area contributed by atoms with Crippen LogP contribution in [0.5, 0.6) is 0 Å². The molecule has 0 unspecified atom stereocenters. The van der Waals surface area contributed by atoms with Crippen molar-refractivity contribution in [1.29, 1.82) is 0 Å². The third-order valence-electron chi connectivity index (χ3n) is 5.00. The van der Waals surface area contributed by atoms with E-state index in [0.29, 0.717) is 11.3 Å². The maximum atomic E-state index is 12.6. The first-order valence-corrected chi connectivity index (χ1v) is 11.1. The number of benzene rings is 2. The van der Waals surface area contributed by atoms with Crippen molar-refractivity contribution in [2.75, 3.05) is 0 Å². The van der Waals surface area contributed by atoms with Crippen LogP contribution in [0.25, 0.3) is 10.6 Å². The van der Waals surface area contributed by atoms with Crippen LogP contribution in [-0.2, 0) is 27.2 Å². The Labute approximate surface area is 180 Å². The minimum Gasteiger partial charge on any atom is -0.447 e. The molecule has 2 aromatic carbocycles. The van der Waals surface area contributed by atoms with Gasteiger partial charge in [0.05, 0.1) is 12.1 Å². The zero-order chi connectivity index (χ0) is 20.9. The van der Waals surface area contributed by atoms with Crippen molar-refractivity contribution in [1.82, 2.24) is 10.3 Å². The molecule has 1 N–H and O–H groups in total. The molecule has 1 aliphatic rings. The van der Waals surface area contributed by atoms with E-state index in [1.165, 1.54) is 16.9 Å². The molecule has 0 bridgehead atoms. The summed E-state index contributed by atoms with van der Waals surface area (Å²) in [7, 11) is 0. The van der Waals surface area contributed by atoms with Crippen LogP contribution in [0.3, 0.4) is 0 Å². The summed E-state index contributed by atoms with van der Waals surface area (Å²) in [5.74, 6) is -0.736. The van der Waals surface area contributed by atoms with Crippen LogP contribution in [0.2, 0.25) is 0 Å². The highest BCUT2D eigenvalue weighted by atomic mass is 32.1. The standard InChI is InChI=1S/C24H24N2O3S/c1-2-16-8-10-18(11-9-16)24-26-20(15-30-24)14-21(27)29-22(17-6-4-3-5-7-17)23(28)25-19-12-13-19/h3-11,15,19,22H,2,12-14H2,1H3,(H,25,28)/t22-/m1/s1. The predicted molar refractivity (Wildman–Crippen MR) is 117 cm³/mol. The highest BCUT2D eigenvalue weighted by molar-refractivity contribution is 7.13. The molecule has 1 heterocycles. The topological polar surface area (TPSA) is 68.3 Å². The molecule has 0 aliphatic heterocycles. The highest BCUT2D eigenvalue weighted by Gasteiger charge is 2.30. The van der Waals surface area contributed by atoms with E-state index in [2.05, 4.69) is 29.4 Å². The largest absolute Gasteiger partial charge is 0.447 e. The van der Waals surface area contributed by atoms with Gasteiger partial charge in [0.1, 0.15) is 5.01 Å². The lowest BCUT2D eigenvalue weighted by Crippen LogP contribution is -2.33. The highest BCUT2D eigenvalue weighted by Crippen LogP contribution is 2.26. The molecule has 0 spiro atoms. The lowest BCUT2D eigenvalue weighted by molar-refractivity contribution is -0.156. The fraction of sp³-hybridized carbons (Fsp3) is 0.292. The molecule has 1 aliphatic carbocycles. The van der Waals surface area contributed by atoms with E-state index in [-0.39, 0.29) is 18.4 Å². The number of hydrogen-bond donors (Lipinski definition) is 1. The third kappa shape index (κ3) is 5.13. The summed E-state index contributed by atoms with van der Waals surface area (Å²) in [6, 6.07) is 17.6. The first-order valence-electron chi connectivity index (χ1n) is 10.2. The lowest BCUT2D eigenvalue weighted by atomic mass is 10.1. The van der Waals surface area contributed by atoms with Gasteiger partial charge in [-0.15, -0.1) is 11.3 Å². The van der Waals surface area contributed by atoms with Gasteiger partial charge in [0.2, 0.25) is 6.10 Å². The molecule has 3 aromatic rings. The van der Waals surface area contributed by atoms with E-state index < -0.39 is 12.1 Å². The Kier molecular flexibility index (Phi) is 6.23. The summed E-state index contributed by atoms with van der Waals surface area (Å²) in [4.78, 5) is 29.8. The predicted octanol–water partition coefficient (Wildman–Crippen LogP) is 4.48. The smallest absolute Gasteiger partial charge is 0.313 e. The number of nitrogens with one attached hydrogen (secondary N) is 1. The summed E-state index contributed by atoms with van der Waals surface area (Å²) < 4.78 is 5.59. The van der Waals surface area contributed by atoms with E-state index >= 15 is 0 Å². The van der Waals surface area contributed by atoms with Crippen molar-refractivity contribution in [3.05, 3.63) is 76.8 Å². The minimum absolute atomic E-state index is 0.0313. The van der Waals surface area contributed by atoms with Gasteiger partial charge in [0, 0.05) is 22.5 Å². The third-order valence-corrected chi connectivity index (χ3v) is 5.94. The Balaban J connectivity index is 1.43. The fourth-order valence-corrected chi connectivity index (χ4v) is 3.96. The second kappa shape index (κ2) is 9.22. The van der Waals surface area contributed by atoms with Crippen LogP contribution in [-0.4, -0.2) is 22.9 Å². The van der Waals surface area contributed by atoms with Crippen LogP contribution >= 0.6 is 11.3 Å². The quantitative estimate of drug-likeness (QED) is 0.546. The summed E-state index contributed by atoms with van der Waals surface area (Å²) in [5, 5.41) is 5.66. The molecule has 5 nitrogen and oxygen atoms in total. The summed E-state index contributed by atoms with van der Waals surface area (Å²) in [5.41, 5.74) is 3.62. The number of nitrogens with zero attached hydrogens (tertiary/aromatic N) is 1. The van der Waals surface area contributed by atoms with Gasteiger partial charge in [0.15, 0.2) is 0 Å². The van der Waals surface area contributed by atoms with Gasteiger partial charge < -0.3 is 10.1 Å². The van der Waals surface area contributed by atoms with Crippen LogP contribution < -0.4 is 5.32 Å². The molecular weight excluding hydrogens is 396 g/mol. The van der Waals surface area contributed by atoms with E-state index in [1.54, 1.807) is 12.1 Å². The van der Waals surface area contributed by atoms with Gasteiger partial charge in [-0.2, -0.15) is 0 Å². The number of hydrogen-bond acceptors (Lipinski definition) is 5. The van der Waals surface area contributed by atoms with Crippen LogP contribution in [0.1, 0.15) is 42.7 Å². The Morgan fingerprint density at radius 2 is 1.87 bits per heavy atom.